The highest BCUT2D eigenvalue weighted by Crippen LogP contribution is 2.34. The van der Waals surface area contributed by atoms with Crippen molar-refractivity contribution in [1.82, 2.24) is 9.89 Å². The van der Waals surface area contributed by atoms with E-state index in [0.29, 0.717) is 18.5 Å². The lowest BCUT2D eigenvalue weighted by molar-refractivity contribution is -0.142. The third-order valence-corrected chi connectivity index (χ3v) is 2.48. The van der Waals surface area contributed by atoms with Gasteiger partial charge in [-0.1, -0.05) is 0 Å². The molecular formula is C8H10F3N3. The van der Waals surface area contributed by atoms with Gasteiger partial charge in [0.2, 0.25) is 0 Å². The van der Waals surface area contributed by atoms with Crippen LogP contribution in [0.3, 0.4) is 0 Å². The fraction of sp³-hybridized carbons (Fsp3) is 0.625. The predicted molar refractivity (Wildman–Crippen MR) is 44.0 cm³/mol. The van der Waals surface area contributed by atoms with Crippen molar-refractivity contribution in [3.05, 3.63) is 17.0 Å². The molecule has 0 saturated heterocycles. The van der Waals surface area contributed by atoms with Gasteiger partial charge in [-0.15, -0.1) is 5.10 Å². The summed E-state index contributed by atoms with van der Waals surface area (Å²) in [5.74, 6) is 5.36. The Hall–Kier alpha value is -1.20. The lowest BCUT2D eigenvalue weighted by atomic mass is 9.96. The normalized spacial score (nSPS) is 16.8. The van der Waals surface area contributed by atoms with Crippen molar-refractivity contribution in [3.63, 3.8) is 0 Å². The van der Waals surface area contributed by atoms with Gasteiger partial charge in [0.15, 0.2) is 5.69 Å². The van der Waals surface area contributed by atoms with Gasteiger partial charge in [0, 0.05) is 5.56 Å². The van der Waals surface area contributed by atoms with Crippen molar-refractivity contribution in [2.45, 2.75) is 31.9 Å². The number of nitrogen functional groups attached to an aromatic ring is 1. The average Bonchev–Trinajstić information content (AvgIpc) is 2.44. The summed E-state index contributed by atoms with van der Waals surface area (Å²) < 4.78 is 37.4. The van der Waals surface area contributed by atoms with Gasteiger partial charge in [-0.2, -0.15) is 18.0 Å². The molecule has 2 N–H and O–H groups in total. The van der Waals surface area contributed by atoms with E-state index in [0.717, 1.165) is 17.6 Å². The van der Waals surface area contributed by atoms with Crippen LogP contribution in [-0.2, 0) is 19.0 Å². The SMILES string of the molecule is Nn1nc(C(F)(F)F)c2c1CCCC2. The van der Waals surface area contributed by atoms with Crippen molar-refractivity contribution in [1.29, 1.82) is 0 Å². The Morgan fingerprint density at radius 2 is 1.86 bits per heavy atom. The third-order valence-electron chi connectivity index (χ3n) is 2.48. The number of nitrogens with two attached hydrogens (primary N) is 1. The number of rotatable bonds is 0. The molecule has 1 heterocycles. The molecular weight excluding hydrogens is 195 g/mol. The molecule has 0 bridgehead atoms. The van der Waals surface area contributed by atoms with Crippen LogP contribution in [0.5, 0.6) is 0 Å². The number of halogens is 3. The van der Waals surface area contributed by atoms with Crippen molar-refractivity contribution < 1.29 is 13.2 Å². The highest BCUT2D eigenvalue weighted by Gasteiger charge is 2.39. The van der Waals surface area contributed by atoms with Crippen LogP contribution in [0.15, 0.2) is 0 Å². The minimum Gasteiger partial charge on any atom is -0.323 e. The molecule has 6 heteroatoms. The third kappa shape index (κ3) is 1.34. The summed E-state index contributed by atoms with van der Waals surface area (Å²) in [5, 5.41) is 3.33. The Labute approximate surface area is 78.7 Å². The molecule has 0 fully saturated rings. The fourth-order valence-corrected chi connectivity index (χ4v) is 1.85. The Balaban J connectivity index is 2.52. The number of hydrogen-bond donors (Lipinski definition) is 1. The van der Waals surface area contributed by atoms with Gasteiger partial charge in [0.1, 0.15) is 0 Å². The monoisotopic (exact) mass is 205 g/mol. The van der Waals surface area contributed by atoms with Gasteiger partial charge < -0.3 is 5.84 Å². The van der Waals surface area contributed by atoms with E-state index in [9.17, 15) is 13.2 Å². The molecule has 3 nitrogen and oxygen atoms in total. The Morgan fingerprint density at radius 3 is 2.50 bits per heavy atom. The summed E-state index contributed by atoms with van der Waals surface area (Å²) in [6.45, 7) is 0. The van der Waals surface area contributed by atoms with Crippen LogP contribution in [-0.4, -0.2) is 9.89 Å². The van der Waals surface area contributed by atoms with Crippen molar-refractivity contribution >= 4 is 0 Å². The molecule has 0 aliphatic heterocycles. The Bertz CT molecular complexity index is 353. The molecule has 0 aromatic carbocycles. The van der Waals surface area contributed by atoms with Crippen LogP contribution in [0.25, 0.3) is 0 Å². The topological polar surface area (TPSA) is 43.8 Å². The summed E-state index contributed by atoms with van der Waals surface area (Å²) in [4.78, 5) is 0.872. The van der Waals surface area contributed by atoms with Crippen LogP contribution in [0.2, 0.25) is 0 Å². The first-order chi connectivity index (χ1) is 6.50. The van der Waals surface area contributed by atoms with E-state index in [1.165, 1.54) is 0 Å². The molecule has 1 aromatic heterocycles. The first-order valence-electron chi connectivity index (χ1n) is 4.43. The summed E-state index contributed by atoms with van der Waals surface area (Å²) >= 11 is 0. The van der Waals surface area contributed by atoms with E-state index >= 15 is 0 Å². The highest BCUT2D eigenvalue weighted by molar-refractivity contribution is 5.30. The zero-order valence-electron chi connectivity index (χ0n) is 7.43. The molecule has 78 valence electrons. The summed E-state index contributed by atoms with van der Waals surface area (Å²) in [7, 11) is 0. The zero-order valence-corrected chi connectivity index (χ0v) is 7.43. The maximum Gasteiger partial charge on any atom is 0.435 e. The molecule has 14 heavy (non-hydrogen) atoms. The Morgan fingerprint density at radius 1 is 1.21 bits per heavy atom. The minimum atomic E-state index is -4.38. The lowest BCUT2D eigenvalue weighted by Crippen LogP contribution is -2.16. The maximum absolute atomic E-state index is 12.5. The predicted octanol–water partition coefficient (Wildman–Crippen LogP) is 1.49. The fourth-order valence-electron chi connectivity index (χ4n) is 1.85. The highest BCUT2D eigenvalue weighted by atomic mass is 19.4. The van der Waals surface area contributed by atoms with E-state index in [-0.39, 0.29) is 5.56 Å². The molecule has 0 unspecified atom stereocenters. The second kappa shape index (κ2) is 2.90. The summed E-state index contributed by atoms with van der Waals surface area (Å²) in [5.41, 5.74) is 0.00419. The first kappa shape index (κ1) is 9.36. The van der Waals surface area contributed by atoms with E-state index in [4.69, 9.17) is 5.84 Å². The van der Waals surface area contributed by atoms with Crippen molar-refractivity contribution in [2.24, 2.45) is 0 Å². The van der Waals surface area contributed by atoms with Gasteiger partial charge in [0.05, 0.1) is 5.69 Å². The molecule has 0 radical (unpaired) electrons. The second-order valence-corrected chi connectivity index (χ2v) is 3.42. The quantitative estimate of drug-likeness (QED) is 0.652. The van der Waals surface area contributed by atoms with Crippen LogP contribution in [0.4, 0.5) is 13.2 Å². The van der Waals surface area contributed by atoms with E-state index in [1.807, 2.05) is 0 Å². The van der Waals surface area contributed by atoms with Gasteiger partial charge in [-0.05, 0) is 25.7 Å². The van der Waals surface area contributed by atoms with Gasteiger partial charge >= 0.3 is 6.18 Å². The number of fused-ring (bicyclic) bond motifs is 1. The smallest absolute Gasteiger partial charge is 0.323 e. The molecule has 2 rings (SSSR count). The summed E-state index contributed by atoms with van der Waals surface area (Å²) in [6.07, 6.45) is -1.70. The zero-order chi connectivity index (χ0) is 10.3. The van der Waals surface area contributed by atoms with E-state index in [1.54, 1.807) is 0 Å². The number of alkyl halides is 3. The van der Waals surface area contributed by atoms with Gasteiger partial charge in [-0.25, -0.2) is 0 Å². The van der Waals surface area contributed by atoms with E-state index in [2.05, 4.69) is 5.10 Å². The standard InChI is InChI=1S/C8H10F3N3/c9-8(10,11)7-5-3-1-2-4-6(5)14(12)13-7/h1-4,12H2. The van der Waals surface area contributed by atoms with Gasteiger partial charge in [-0.3, -0.25) is 0 Å². The number of nitrogens with zero attached hydrogens (tertiary/aromatic N) is 2. The molecule has 0 saturated carbocycles. The number of aromatic nitrogens is 2. The lowest BCUT2D eigenvalue weighted by Gasteiger charge is -2.12. The molecule has 0 spiro atoms. The first-order valence-corrected chi connectivity index (χ1v) is 4.43. The van der Waals surface area contributed by atoms with Gasteiger partial charge in [0.25, 0.3) is 0 Å². The molecule has 0 amide bonds. The second-order valence-electron chi connectivity index (χ2n) is 3.42. The molecule has 0 atom stereocenters. The molecule has 1 aliphatic carbocycles. The minimum absolute atomic E-state index is 0.284. The van der Waals surface area contributed by atoms with Crippen LogP contribution >= 0.6 is 0 Å². The Kier molecular flexibility index (Phi) is 1.94. The average molecular weight is 205 g/mol. The van der Waals surface area contributed by atoms with Crippen molar-refractivity contribution in [3.8, 4) is 0 Å². The van der Waals surface area contributed by atoms with Crippen LogP contribution in [0.1, 0.15) is 29.8 Å². The van der Waals surface area contributed by atoms with E-state index < -0.39 is 11.9 Å². The summed E-state index contributed by atoms with van der Waals surface area (Å²) in [6, 6.07) is 0. The molecule has 1 aliphatic rings. The maximum atomic E-state index is 12.5. The molecule has 1 aromatic rings. The van der Waals surface area contributed by atoms with Crippen LogP contribution < -0.4 is 5.84 Å². The number of hydrogen-bond acceptors (Lipinski definition) is 2. The van der Waals surface area contributed by atoms with Crippen LogP contribution in [0, 0.1) is 0 Å². The van der Waals surface area contributed by atoms with Crippen molar-refractivity contribution in [2.75, 3.05) is 5.84 Å². The largest absolute Gasteiger partial charge is 0.435 e.